The molecule has 29 heavy (non-hydrogen) atoms. The van der Waals surface area contributed by atoms with E-state index < -0.39 is 5.91 Å². The molecule has 0 heterocycles. The van der Waals surface area contributed by atoms with E-state index in [0.717, 1.165) is 5.56 Å². The quantitative estimate of drug-likeness (QED) is 0.616. The number of rotatable bonds is 10. The van der Waals surface area contributed by atoms with Gasteiger partial charge in [-0.25, -0.2) is 0 Å². The molecule has 9 heteroatoms. The van der Waals surface area contributed by atoms with E-state index in [-0.39, 0.29) is 19.1 Å². The maximum atomic E-state index is 12.5. The molecule has 2 rings (SSSR count). The van der Waals surface area contributed by atoms with Gasteiger partial charge in [-0.1, -0.05) is 0 Å². The van der Waals surface area contributed by atoms with E-state index in [1.165, 1.54) is 40.6 Å². The lowest BCUT2D eigenvalue weighted by molar-refractivity contribution is -0.119. The lowest BCUT2D eigenvalue weighted by atomic mass is 10.1. The van der Waals surface area contributed by atoms with Crippen molar-refractivity contribution in [3.63, 3.8) is 0 Å². The summed E-state index contributed by atoms with van der Waals surface area (Å²) in [5.74, 6) is 1.15. The van der Waals surface area contributed by atoms with Crippen LogP contribution in [0.1, 0.15) is 15.9 Å². The molecule has 0 bridgehead atoms. The summed E-state index contributed by atoms with van der Waals surface area (Å²) < 4.78 is 26.4. The van der Waals surface area contributed by atoms with E-state index in [2.05, 4.69) is 5.32 Å². The van der Waals surface area contributed by atoms with Crippen molar-refractivity contribution in [3.8, 4) is 28.7 Å². The van der Waals surface area contributed by atoms with Gasteiger partial charge >= 0.3 is 0 Å². The van der Waals surface area contributed by atoms with E-state index >= 15 is 0 Å². The molecular formula is C20H24N2O7. The molecule has 0 radical (unpaired) electrons. The topological polar surface area (TPSA) is 118 Å². The Balaban J connectivity index is 2.13. The standard InChI is InChI=1S/C20H24N2O7/c1-25-15-9-13(5-6-14(15)29-11-18(21)23)20(24)22-10-12-7-16(26-2)19(28-4)17(8-12)27-3/h5-9H,10-11H2,1-4H3,(H2,21,23)(H,22,24). The zero-order chi connectivity index (χ0) is 21.4. The second-order valence-electron chi connectivity index (χ2n) is 5.84. The molecule has 2 amide bonds. The largest absolute Gasteiger partial charge is 0.493 e. The number of nitrogens with one attached hydrogen (secondary N) is 1. The number of benzene rings is 2. The first-order chi connectivity index (χ1) is 13.9. The number of methoxy groups -OCH3 is 4. The van der Waals surface area contributed by atoms with Crippen LogP contribution in [0.2, 0.25) is 0 Å². The molecule has 0 saturated heterocycles. The van der Waals surface area contributed by atoms with Gasteiger partial charge in [0.15, 0.2) is 29.6 Å². The van der Waals surface area contributed by atoms with E-state index in [9.17, 15) is 9.59 Å². The van der Waals surface area contributed by atoms with E-state index in [4.69, 9.17) is 29.4 Å². The van der Waals surface area contributed by atoms with Gasteiger partial charge in [0.25, 0.3) is 11.8 Å². The summed E-state index contributed by atoms with van der Waals surface area (Å²) in [5, 5.41) is 2.82. The van der Waals surface area contributed by atoms with Crippen molar-refractivity contribution >= 4 is 11.8 Å². The summed E-state index contributed by atoms with van der Waals surface area (Å²) in [6, 6.07) is 8.12. The van der Waals surface area contributed by atoms with Gasteiger partial charge in [0.2, 0.25) is 5.75 Å². The van der Waals surface area contributed by atoms with Crippen LogP contribution in [0.3, 0.4) is 0 Å². The minimum atomic E-state index is -0.612. The first-order valence-corrected chi connectivity index (χ1v) is 8.59. The molecule has 0 unspecified atom stereocenters. The number of carbonyl (C=O) groups is 2. The highest BCUT2D eigenvalue weighted by molar-refractivity contribution is 5.94. The maximum Gasteiger partial charge on any atom is 0.255 e. The minimum absolute atomic E-state index is 0.234. The van der Waals surface area contributed by atoms with Gasteiger partial charge < -0.3 is 34.7 Å². The van der Waals surface area contributed by atoms with Crippen LogP contribution in [0.5, 0.6) is 28.7 Å². The summed E-state index contributed by atoms with van der Waals surface area (Å²) >= 11 is 0. The molecule has 156 valence electrons. The lowest BCUT2D eigenvalue weighted by Crippen LogP contribution is -2.23. The summed E-state index contributed by atoms with van der Waals surface area (Å²) in [6.45, 7) is -0.0547. The Hall–Kier alpha value is -3.62. The molecule has 0 aliphatic carbocycles. The number of nitrogens with two attached hydrogens (primary N) is 1. The molecule has 0 aromatic heterocycles. The van der Waals surface area contributed by atoms with Gasteiger partial charge in [0.1, 0.15) is 0 Å². The highest BCUT2D eigenvalue weighted by Gasteiger charge is 2.15. The van der Waals surface area contributed by atoms with Gasteiger partial charge in [0.05, 0.1) is 28.4 Å². The zero-order valence-electron chi connectivity index (χ0n) is 16.7. The number of ether oxygens (including phenoxy) is 5. The molecule has 2 aromatic rings. The van der Waals surface area contributed by atoms with Gasteiger partial charge in [-0.15, -0.1) is 0 Å². The van der Waals surface area contributed by atoms with Crippen molar-refractivity contribution in [2.24, 2.45) is 5.73 Å². The first-order valence-electron chi connectivity index (χ1n) is 8.59. The van der Waals surface area contributed by atoms with Crippen molar-refractivity contribution in [2.75, 3.05) is 35.0 Å². The third-order valence-electron chi connectivity index (χ3n) is 3.97. The van der Waals surface area contributed by atoms with Gasteiger partial charge in [-0.05, 0) is 35.9 Å². The fourth-order valence-corrected chi connectivity index (χ4v) is 2.60. The fraction of sp³-hybridized carbons (Fsp3) is 0.300. The fourth-order valence-electron chi connectivity index (χ4n) is 2.60. The summed E-state index contributed by atoms with van der Waals surface area (Å²) in [6.07, 6.45) is 0. The Morgan fingerprint density at radius 1 is 0.862 bits per heavy atom. The van der Waals surface area contributed by atoms with Crippen molar-refractivity contribution in [2.45, 2.75) is 6.54 Å². The zero-order valence-corrected chi connectivity index (χ0v) is 16.7. The average molecular weight is 404 g/mol. The molecule has 0 aliphatic rings. The summed E-state index contributed by atoms with van der Waals surface area (Å²) in [7, 11) is 6.00. The second kappa shape index (κ2) is 10.1. The first kappa shape index (κ1) is 21.7. The average Bonchev–Trinajstić information content (AvgIpc) is 2.74. The Bertz CT molecular complexity index is 858. The van der Waals surface area contributed by atoms with Crippen LogP contribution >= 0.6 is 0 Å². The maximum absolute atomic E-state index is 12.5. The molecule has 2 aromatic carbocycles. The SMILES string of the molecule is COc1cc(C(=O)NCc2cc(OC)c(OC)c(OC)c2)ccc1OCC(N)=O. The van der Waals surface area contributed by atoms with Crippen molar-refractivity contribution in [1.29, 1.82) is 0 Å². The van der Waals surface area contributed by atoms with Crippen LogP contribution in [-0.2, 0) is 11.3 Å². The van der Waals surface area contributed by atoms with Gasteiger partial charge in [0, 0.05) is 12.1 Å². The lowest BCUT2D eigenvalue weighted by Gasteiger charge is -2.15. The third kappa shape index (κ3) is 5.44. The normalized spacial score (nSPS) is 10.1. The third-order valence-corrected chi connectivity index (χ3v) is 3.97. The Morgan fingerprint density at radius 3 is 2.00 bits per heavy atom. The van der Waals surface area contributed by atoms with E-state index in [0.29, 0.717) is 34.3 Å². The van der Waals surface area contributed by atoms with Crippen LogP contribution in [0.25, 0.3) is 0 Å². The number of hydrogen-bond donors (Lipinski definition) is 2. The molecule has 0 aliphatic heterocycles. The van der Waals surface area contributed by atoms with Crippen LogP contribution < -0.4 is 34.7 Å². The molecule has 0 saturated carbocycles. The molecule has 9 nitrogen and oxygen atoms in total. The number of amides is 2. The molecule has 0 spiro atoms. The monoisotopic (exact) mass is 404 g/mol. The number of carbonyl (C=O) groups excluding carboxylic acids is 2. The van der Waals surface area contributed by atoms with Crippen LogP contribution in [-0.4, -0.2) is 46.9 Å². The molecule has 3 N–H and O–H groups in total. The molecular weight excluding hydrogens is 380 g/mol. The Labute approximate surface area is 168 Å². The van der Waals surface area contributed by atoms with E-state index in [1.54, 1.807) is 18.2 Å². The Kier molecular flexibility index (Phi) is 7.53. The van der Waals surface area contributed by atoms with Crippen LogP contribution in [0.4, 0.5) is 0 Å². The van der Waals surface area contributed by atoms with Crippen LogP contribution in [0, 0.1) is 0 Å². The number of primary amides is 1. The minimum Gasteiger partial charge on any atom is -0.493 e. The highest BCUT2D eigenvalue weighted by Crippen LogP contribution is 2.38. The summed E-state index contributed by atoms with van der Waals surface area (Å²) in [5.41, 5.74) is 6.20. The molecule has 0 fully saturated rings. The smallest absolute Gasteiger partial charge is 0.255 e. The van der Waals surface area contributed by atoms with Gasteiger partial charge in [-0.3, -0.25) is 9.59 Å². The van der Waals surface area contributed by atoms with Crippen molar-refractivity contribution in [1.82, 2.24) is 5.32 Å². The van der Waals surface area contributed by atoms with E-state index in [1.807, 2.05) is 0 Å². The number of hydrogen-bond acceptors (Lipinski definition) is 7. The van der Waals surface area contributed by atoms with Crippen molar-refractivity contribution in [3.05, 3.63) is 41.5 Å². The van der Waals surface area contributed by atoms with Crippen molar-refractivity contribution < 1.29 is 33.3 Å². The molecule has 0 atom stereocenters. The predicted octanol–water partition coefficient (Wildman–Crippen LogP) is 1.52. The second-order valence-corrected chi connectivity index (χ2v) is 5.84. The Morgan fingerprint density at radius 2 is 1.48 bits per heavy atom. The summed E-state index contributed by atoms with van der Waals surface area (Å²) in [4.78, 5) is 23.4. The highest BCUT2D eigenvalue weighted by atomic mass is 16.5. The van der Waals surface area contributed by atoms with Gasteiger partial charge in [-0.2, -0.15) is 0 Å². The predicted molar refractivity (Wildman–Crippen MR) is 105 cm³/mol. The van der Waals surface area contributed by atoms with Crippen LogP contribution in [0.15, 0.2) is 30.3 Å².